The van der Waals surface area contributed by atoms with Crippen LogP contribution < -0.4 is 4.72 Å². The number of hydrogen-bond acceptors (Lipinski definition) is 4. The summed E-state index contributed by atoms with van der Waals surface area (Å²) in [7, 11) is -3.79. The first-order valence-electron chi connectivity index (χ1n) is 7.21. The summed E-state index contributed by atoms with van der Waals surface area (Å²) in [5.41, 5.74) is 2.66. The number of sulfonamides is 1. The molecule has 6 heteroatoms. The second kappa shape index (κ2) is 5.78. The molecule has 1 aliphatic carbocycles. The van der Waals surface area contributed by atoms with Gasteiger partial charge in [-0.3, -0.25) is 0 Å². The Labute approximate surface area is 135 Å². The van der Waals surface area contributed by atoms with Gasteiger partial charge in [-0.05, 0) is 41.8 Å². The topological polar surface area (TPSA) is 90.2 Å². The second-order valence-corrected chi connectivity index (χ2v) is 7.34. The van der Waals surface area contributed by atoms with E-state index in [0.29, 0.717) is 17.5 Å². The summed E-state index contributed by atoms with van der Waals surface area (Å²) >= 11 is 0. The number of aliphatic hydroxyl groups excluding tert-OH is 1. The van der Waals surface area contributed by atoms with Crippen LogP contribution in [0, 0.1) is 18.3 Å². The molecule has 0 bridgehead atoms. The minimum Gasteiger partial charge on any atom is -0.391 e. The summed E-state index contributed by atoms with van der Waals surface area (Å²) in [6.07, 6.45) is -0.365. The van der Waals surface area contributed by atoms with Crippen LogP contribution in [0.2, 0.25) is 0 Å². The quantitative estimate of drug-likeness (QED) is 0.899. The largest absolute Gasteiger partial charge is 0.391 e. The highest BCUT2D eigenvalue weighted by Crippen LogP contribution is 2.32. The maximum atomic E-state index is 12.7. The zero-order valence-electron chi connectivity index (χ0n) is 12.5. The highest BCUT2D eigenvalue weighted by Gasteiger charge is 2.34. The van der Waals surface area contributed by atoms with Crippen molar-refractivity contribution in [3.8, 4) is 6.07 Å². The number of fused-ring (bicyclic) bond motifs is 1. The molecular weight excluding hydrogens is 312 g/mol. The fourth-order valence-corrected chi connectivity index (χ4v) is 4.44. The molecule has 0 aliphatic heterocycles. The standard InChI is InChI=1S/C17H16N2O3S/c1-11-8-12(10-18)6-7-16(11)23(21,22)19-17-14-5-3-2-4-13(14)9-15(17)20/h2-8,15,17,19-20H,9H2,1H3. The number of nitrogens with one attached hydrogen (secondary N) is 1. The predicted octanol–water partition coefficient (Wildman–Crippen LogP) is 1.80. The van der Waals surface area contributed by atoms with E-state index in [-0.39, 0.29) is 4.90 Å². The lowest BCUT2D eigenvalue weighted by molar-refractivity contribution is 0.151. The Morgan fingerprint density at radius 3 is 2.70 bits per heavy atom. The van der Waals surface area contributed by atoms with Crippen LogP contribution in [0.1, 0.15) is 28.3 Å². The Morgan fingerprint density at radius 2 is 2.00 bits per heavy atom. The zero-order chi connectivity index (χ0) is 16.6. The van der Waals surface area contributed by atoms with Crippen LogP contribution in [0.3, 0.4) is 0 Å². The van der Waals surface area contributed by atoms with Gasteiger partial charge in [-0.15, -0.1) is 0 Å². The number of aryl methyl sites for hydroxylation is 1. The van der Waals surface area contributed by atoms with Crippen molar-refractivity contribution < 1.29 is 13.5 Å². The van der Waals surface area contributed by atoms with Gasteiger partial charge in [0, 0.05) is 6.42 Å². The Hall–Kier alpha value is -2.20. The van der Waals surface area contributed by atoms with Crippen LogP contribution in [-0.2, 0) is 16.4 Å². The average molecular weight is 328 g/mol. The summed E-state index contributed by atoms with van der Waals surface area (Å²) in [5, 5.41) is 19.1. The normalized spacial score (nSPS) is 20.0. The molecule has 2 unspecified atom stereocenters. The minimum atomic E-state index is -3.79. The molecule has 0 fully saturated rings. The number of nitriles is 1. The molecule has 5 nitrogen and oxygen atoms in total. The lowest BCUT2D eigenvalue weighted by atomic mass is 10.1. The summed E-state index contributed by atoms with van der Waals surface area (Å²) < 4.78 is 27.9. The Bertz CT molecular complexity index is 900. The highest BCUT2D eigenvalue weighted by atomic mass is 32.2. The van der Waals surface area contributed by atoms with Crippen molar-refractivity contribution in [2.75, 3.05) is 0 Å². The number of rotatable bonds is 3. The van der Waals surface area contributed by atoms with Gasteiger partial charge in [0.2, 0.25) is 10.0 Å². The smallest absolute Gasteiger partial charge is 0.241 e. The van der Waals surface area contributed by atoms with E-state index in [2.05, 4.69) is 4.72 Å². The zero-order valence-corrected chi connectivity index (χ0v) is 13.3. The summed E-state index contributed by atoms with van der Waals surface area (Å²) in [6.45, 7) is 1.65. The van der Waals surface area contributed by atoms with Crippen molar-refractivity contribution in [1.29, 1.82) is 5.26 Å². The third-order valence-electron chi connectivity index (χ3n) is 4.08. The highest BCUT2D eigenvalue weighted by molar-refractivity contribution is 7.89. The summed E-state index contributed by atoms with van der Waals surface area (Å²) in [5.74, 6) is 0. The van der Waals surface area contributed by atoms with Crippen molar-refractivity contribution in [2.24, 2.45) is 0 Å². The molecule has 1 aliphatic rings. The molecule has 0 aromatic heterocycles. The molecule has 0 saturated carbocycles. The van der Waals surface area contributed by atoms with Crippen LogP contribution in [0.5, 0.6) is 0 Å². The molecule has 2 aromatic rings. The van der Waals surface area contributed by atoms with Gasteiger partial charge in [0.1, 0.15) is 0 Å². The van der Waals surface area contributed by atoms with Crippen LogP contribution >= 0.6 is 0 Å². The molecule has 0 saturated heterocycles. The van der Waals surface area contributed by atoms with Gasteiger partial charge in [-0.1, -0.05) is 24.3 Å². The fraction of sp³-hybridized carbons (Fsp3) is 0.235. The van der Waals surface area contributed by atoms with Crippen molar-refractivity contribution in [1.82, 2.24) is 4.72 Å². The van der Waals surface area contributed by atoms with Crippen LogP contribution in [-0.4, -0.2) is 19.6 Å². The van der Waals surface area contributed by atoms with Crippen molar-refractivity contribution in [3.63, 3.8) is 0 Å². The molecule has 0 radical (unpaired) electrons. The molecule has 0 spiro atoms. The molecule has 2 aromatic carbocycles. The van der Waals surface area contributed by atoms with E-state index >= 15 is 0 Å². The molecule has 0 amide bonds. The number of benzene rings is 2. The monoisotopic (exact) mass is 328 g/mol. The lowest BCUT2D eigenvalue weighted by Gasteiger charge is -2.19. The van der Waals surface area contributed by atoms with Gasteiger partial charge in [0.15, 0.2) is 0 Å². The second-order valence-electron chi connectivity index (χ2n) is 5.66. The van der Waals surface area contributed by atoms with E-state index in [9.17, 15) is 13.5 Å². The Balaban J connectivity index is 1.95. The maximum Gasteiger partial charge on any atom is 0.241 e. The Morgan fingerprint density at radius 1 is 1.26 bits per heavy atom. The molecule has 118 valence electrons. The lowest BCUT2D eigenvalue weighted by Crippen LogP contribution is -2.34. The van der Waals surface area contributed by atoms with E-state index in [1.54, 1.807) is 6.92 Å². The van der Waals surface area contributed by atoms with Crippen LogP contribution in [0.4, 0.5) is 0 Å². The Kier molecular flexibility index (Phi) is 3.94. The number of aliphatic hydroxyl groups is 1. The third-order valence-corrected chi connectivity index (χ3v) is 5.68. The van der Waals surface area contributed by atoms with Gasteiger partial charge in [0.25, 0.3) is 0 Å². The molecule has 23 heavy (non-hydrogen) atoms. The van der Waals surface area contributed by atoms with Crippen molar-refractivity contribution in [3.05, 3.63) is 64.7 Å². The van der Waals surface area contributed by atoms with E-state index in [1.807, 2.05) is 30.3 Å². The summed E-state index contributed by atoms with van der Waals surface area (Å²) in [6, 6.07) is 13.2. The van der Waals surface area contributed by atoms with Crippen molar-refractivity contribution in [2.45, 2.75) is 30.4 Å². The molecule has 0 heterocycles. The van der Waals surface area contributed by atoms with E-state index in [4.69, 9.17) is 5.26 Å². The maximum absolute atomic E-state index is 12.7. The number of nitrogens with zero attached hydrogens (tertiary/aromatic N) is 1. The third kappa shape index (κ3) is 2.86. The number of hydrogen-bond donors (Lipinski definition) is 2. The first-order chi connectivity index (χ1) is 10.9. The van der Waals surface area contributed by atoms with Gasteiger partial charge < -0.3 is 5.11 Å². The van der Waals surface area contributed by atoms with Gasteiger partial charge in [-0.25, -0.2) is 13.1 Å². The first kappa shape index (κ1) is 15.7. The van der Waals surface area contributed by atoms with E-state index < -0.39 is 22.2 Å². The van der Waals surface area contributed by atoms with E-state index in [1.165, 1.54) is 18.2 Å². The van der Waals surface area contributed by atoms with Gasteiger partial charge >= 0.3 is 0 Å². The molecular formula is C17H16N2O3S. The average Bonchev–Trinajstić information content (AvgIpc) is 2.82. The molecule has 2 N–H and O–H groups in total. The molecule has 3 rings (SSSR count). The summed E-state index contributed by atoms with van der Waals surface area (Å²) in [4.78, 5) is 0.119. The fourth-order valence-electron chi connectivity index (χ4n) is 2.97. The predicted molar refractivity (Wildman–Crippen MR) is 85.1 cm³/mol. The SMILES string of the molecule is Cc1cc(C#N)ccc1S(=O)(=O)NC1c2ccccc2CC1O. The first-order valence-corrected chi connectivity index (χ1v) is 8.69. The minimum absolute atomic E-state index is 0.119. The van der Waals surface area contributed by atoms with Crippen molar-refractivity contribution >= 4 is 10.0 Å². The van der Waals surface area contributed by atoms with Crippen LogP contribution in [0.25, 0.3) is 0 Å². The van der Waals surface area contributed by atoms with Crippen LogP contribution in [0.15, 0.2) is 47.4 Å². The van der Waals surface area contributed by atoms with E-state index in [0.717, 1.165) is 11.1 Å². The van der Waals surface area contributed by atoms with Gasteiger partial charge in [0.05, 0.1) is 28.7 Å². The van der Waals surface area contributed by atoms with Gasteiger partial charge in [-0.2, -0.15) is 5.26 Å². The molecule has 2 atom stereocenters.